The Morgan fingerprint density at radius 3 is 2.25 bits per heavy atom. The van der Waals surface area contributed by atoms with Crippen molar-refractivity contribution in [2.45, 2.75) is 18.0 Å². The topological polar surface area (TPSA) is 37.3 Å². The third-order valence-corrected chi connectivity index (χ3v) is 3.71. The van der Waals surface area contributed by atoms with E-state index < -0.39 is 11.6 Å². The third kappa shape index (κ3) is 2.41. The summed E-state index contributed by atoms with van der Waals surface area (Å²) in [5.74, 6) is -1.11. The molecule has 1 saturated carbocycles. The lowest BCUT2D eigenvalue weighted by molar-refractivity contribution is 0.0696. The fraction of sp³-hybridized carbons (Fsp3) is 0.188. The van der Waals surface area contributed by atoms with Crippen LogP contribution >= 0.6 is 12.4 Å². The van der Waals surface area contributed by atoms with E-state index in [0.29, 0.717) is 12.0 Å². The van der Waals surface area contributed by atoms with Crippen molar-refractivity contribution in [3.63, 3.8) is 0 Å². The Morgan fingerprint density at radius 1 is 1.10 bits per heavy atom. The minimum atomic E-state index is -1.35. The first-order valence-electron chi connectivity index (χ1n) is 6.19. The summed E-state index contributed by atoms with van der Waals surface area (Å²) in [6.45, 7) is 0. The van der Waals surface area contributed by atoms with Crippen LogP contribution in [0.5, 0.6) is 0 Å². The Labute approximate surface area is 122 Å². The molecule has 0 amide bonds. The van der Waals surface area contributed by atoms with Crippen LogP contribution in [0.1, 0.15) is 33.8 Å². The fourth-order valence-corrected chi connectivity index (χ4v) is 2.51. The zero-order chi connectivity index (χ0) is 13.5. The van der Waals surface area contributed by atoms with E-state index >= 15 is 0 Å². The molecule has 0 aliphatic heterocycles. The summed E-state index contributed by atoms with van der Waals surface area (Å²) in [6.07, 6.45) is 0.462. The molecule has 1 N–H and O–H groups in total. The van der Waals surface area contributed by atoms with Gasteiger partial charge in [-0.3, -0.25) is 0 Å². The first-order chi connectivity index (χ1) is 9.11. The Bertz CT molecular complexity index is 612. The molecule has 0 aromatic heterocycles. The molecule has 1 aliphatic rings. The van der Waals surface area contributed by atoms with E-state index in [1.807, 2.05) is 30.3 Å². The first kappa shape index (κ1) is 14.5. The highest BCUT2D eigenvalue weighted by Gasteiger charge is 2.57. The molecule has 2 unspecified atom stereocenters. The second-order valence-electron chi connectivity index (χ2n) is 4.91. The molecule has 2 nitrogen and oxygen atoms in total. The molecule has 2 aromatic carbocycles. The molecule has 2 aromatic rings. The predicted octanol–water partition coefficient (Wildman–Crippen LogP) is 4.16. The molecule has 1 fully saturated rings. The molecule has 104 valence electrons. The molecule has 2 atom stereocenters. The largest absolute Gasteiger partial charge is 0.478 e. The van der Waals surface area contributed by atoms with E-state index in [9.17, 15) is 9.18 Å². The van der Waals surface area contributed by atoms with Crippen molar-refractivity contribution in [3.05, 3.63) is 71.3 Å². The zero-order valence-corrected chi connectivity index (χ0v) is 11.4. The molecule has 0 spiro atoms. The molecule has 0 radical (unpaired) electrons. The molecule has 3 rings (SSSR count). The lowest BCUT2D eigenvalue weighted by Crippen LogP contribution is -2.03. The maximum absolute atomic E-state index is 14.8. The molecule has 0 bridgehead atoms. The highest BCUT2D eigenvalue weighted by molar-refractivity contribution is 5.87. The SMILES string of the molecule is Cl.O=C(O)c1ccc(C2(F)CC2c2ccccc2)cc1. The molecular formula is C16H14ClFO2. The van der Waals surface area contributed by atoms with E-state index in [4.69, 9.17) is 5.11 Å². The lowest BCUT2D eigenvalue weighted by atomic mass is 10.0. The molecule has 20 heavy (non-hydrogen) atoms. The van der Waals surface area contributed by atoms with Gasteiger partial charge in [0.25, 0.3) is 0 Å². The van der Waals surface area contributed by atoms with Crippen LogP contribution in [-0.4, -0.2) is 11.1 Å². The lowest BCUT2D eigenvalue weighted by Gasteiger charge is -2.09. The number of rotatable bonds is 3. The second-order valence-corrected chi connectivity index (χ2v) is 4.91. The molecule has 0 heterocycles. The van der Waals surface area contributed by atoms with Crippen molar-refractivity contribution in [1.29, 1.82) is 0 Å². The first-order valence-corrected chi connectivity index (χ1v) is 6.19. The smallest absolute Gasteiger partial charge is 0.335 e. The highest BCUT2D eigenvalue weighted by atomic mass is 35.5. The Morgan fingerprint density at radius 2 is 1.70 bits per heavy atom. The van der Waals surface area contributed by atoms with Crippen LogP contribution in [0, 0.1) is 0 Å². The number of hydrogen-bond donors (Lipinski definition) is 1. The summed E-state index contributed by atoms with van der Waals surface area (Å²) < 4.78 is 14.8. The fourth-order valence-electron chi connectivity index (χ4n) is 2.51. The van der Waals surface area contributed by atoms with Crippen LogP contribution < -0.4 is 0 Å². The number of alkyl halides is 1. The van der Waals surface area contributed by atoms with Crippen molar-refractivity contribution in [2.75, 3.05) is 0 Å². The van der Waals surface area contributed by atoms with Crippen molar-refractivity contribution >= 4 is 18.4 Å². The number of hydrogen-bond acceptors (Lipinski definition) is 1. The second kappa shape index (κ2) is 5.25. The van der Waals surface area contributed by atoms with Gasteiger partial charge in [0.2, 0.25) is 0 Å². The van der Waals surface area contributed by atoms with Crippen LogP contribution in [0.25, 0.3) is 0 Å². The van der Waals surface area contributed by atoms with Crippen molar-refractivity contribution in [3.8, 4) is 0 Å². The molecule has 1 aliphatic carbocycles. The van der Waals surface area contributed by atoms with Gasteiger partial charge in [-0.15, -0.1) is 12.4 Å². The van der Waals surface area contributed by atoms with Gasteiger partial charge in [0.1, 0.15) is 5.67 Å². The quantitative estimate of drug-likeness (QED) is 0.922. The molecule has 4 heteroatoms. The van der Waals surface area contributed by atoms with Crippen molar-refractivity contribution < 1.29 is 14.3 Å². The minimum Gasteiger partial charge on any atom is -0.478 e. The summed E-state index contributed by atoms with van der Waals surface area (Å²) in [5.41, 5.74) is 0.390. The summed E-state index contributed by atoms with van der Waals surface area (Å²) in [5, 5.41) is 8.83. The molecule has 0 saturated heterocycles. The summed E-state index contributed by atoms with van der Waals surface area (Å²) in [6, 6.07) is 15.6. The van der Waals surface area contributed by atoms with Gasteiger partial charge in [-0.2, -0.15) is 0 Å². The van der Waals surface area contributed by atoms with Gasteiger partial charge in [-0.05, 0) is 29.7 Å². The van der Waals surface area contributed by atoms with Crippen LogP contribution in [0.15, 0.2) is 54.6 Å². The number of carboxylic acid groups (broad SMARTS) is 1. The van der Waals surface area contributed by atoms with Crippen LogP contribution in [0.3, 0.4) is 0 Å². The predicted molar refractivity (Wildman–Crippen MR) is 77.2 cm³/mol. The third-order valence-electron chi connectivity index (χ3n) is 3.71. The molecular weight excluding hydrogens is 279 g/mol. The minimum absolute atomic E-state index is 0. The van der Waals surface area contributed by atoms with Gasteiger partial charge in [0, 0.05) is 5.92 Å². The average molecular weight is 293 g/mol. The number of benzene rings is 2. The average Bonchev–Trinajstić information content (AvgIpc) is 3.14. The van der Waals surface area contributed by atoms with E-state index in [2.05, 4.69) is 0 Å². The Kier molecular flexibility index (Phi) is 3.82. The van der Waals surface area contributed by atoms with Gasteiger partial charge < -0.3 is 5.11 Å². The number of halogens is 2. The van der Waals surface area contributed by atoms with E-state index in [1.54, 1.807) is 12.1 Å². The maximum atomic E-state index is 14.8. The maximum Gasteiger partial charge on any atom is 0.335 e. The zero-order valence-electron chi connectivity index (χ0n) is 10.6. The monoisotopic (exact) mass is 292 g/mol. The highest BCUT2D eigenvalue weighted by Crippen LogP contribution is 2.61. The van der Waals surface area contributed by atoms with E-state index in [0.717, 1.165) is 5.56 Å². The van der Waals surface area contributed by atoms with Gasteiger partial charge in [0.05, 0.1) is 5.56 Å². The van der Waals surface area contributed by atoms with E-state index in [1.165, 1.54) is 12.1 Å². The number of carboxylic acids is 1. The normalized spacial score (nSPS) is 23.8. The Balaban J connectivity index is 0.00000147. The van der Waals surface area contributed by atoms with Gasteiger partial charge >= 0.3 is 5.97 Å². The van der Waals surface area contributed by atoms with Gasteiger partial charge in [-0.25, -0.2) is 9.18 Å². The van der Waals surface area contributed by atoms with Crippen molar-refractivity contribution in [1.82, 2.24) is 0 Å². The summed E-state index contributed by atoms with van der Waals surface area (Å²) >= 11 is 0. The van der Waals surface area contributed by atoms with Crippen molar-refractivity contribution in [2.24, 2.45) is 0 Å². The summed E-state index contributed by atoms with van der Waals surface area (Å²) in [4.78, 5) is 10.8. The van der Waals surface area contributed by atoms with Crippen LogP contribution in [-0.2, 0) is 5.67 Å². The van der Waals surface area contributed by atoms with Gasteiger partial charge in [0.15, 0.2) is 0 Å². The van der Waals surface area contributed by atoms with E-state index in [-0.39, 0.29) is 23.9 Å². The standard InChI is InChI=1S/C16H13FO2.ClH/c17-16(10-14(16)11-4-2-1-3-5-11)13-8-6-12(7-9-13)15(18)19;/h1-9,14H,10H2,(H,18,19);1H. The van der Waals surface area contributed by atoms with Crippen LogP contribution in [0.4, 0.5) is 4.39 Å². The van der Waals surface area contributed by atoms with Gasteiger partial charge in [-0.1, -0.05) is 42.5 Å². The van der Waals surface area contributed by atoms with Crippen LogP contribution in [0.2, 0.25) is 0 Å². The number of aromatic carboxylic acids is 1. The Hall–Kier alpha value is -1.87. The summed E-state index contributed by atoms with van der Waals surface area (Å²) in [7, 11) is 0. The number of carbonyl (C=O) groups is 1.